The minimum absolute atomic E-state index is 0.606. The molecule has 5 nitrogen and oxygen atoms in total. The van der Waals surface area contributed by atoms with Gasteiger partial charge in [-0.3, -0.25) is 0 Å². The first-order valence-electron chi connectivity index (χ1n) is 24.5. The Morgan fingerprint density at radius 3 is 1.62 bits per heavy atom. The SMILES string of the molecule is c1ccc(-c2nc(-c3ccc4c(c3)c3ccccc3n4-c3ccccc3)nc(-c3c(-c4cccc5ccccc45)cc(-n4c5cc6ccccc6cc5c5ccc6ccccc6c54)c4ccccc34)n2)cc1. The quantitative estimate of drug-likeness (QED) is 0.167. The zero-order chi connectivity index (χ0) is 47.3. The second kappa shape index (κ2) is 15.9. The van der Waals surface area contributed by atoms with Crippen LogP contribution in [-0.2, 0) is 0 Å². The van der Waals surface area contributed by atoms with Gasteiger partial charge in [0.05, 0.1) is 27.8 Å². The van der Waals surface area contributed by atoms with Crippen molar-refractivity contribution in [2.45, 2.75) is 0 Å². The molecule has 12 aromatic carbocycles. The molecule has 0 amide bonds. The molecule has 72 heavy (non-hydrogen) atoms. The Balaban J connectivity index is 1.06. The minimum Gasteiger partial charge on any atom is -0.309 e. The molecule has 0 radical (unpaired) electrons. The first kappa shape index (κ1) is 40.2. The van der Waals surface area contributed by atoms with Crippen LogP contribution >= 0.6 is 0 Å². The van der Waals surface area contributed by atoms with Gasteiger partial charge >= 0.3 is 0 Å². The van der Waals surface area contributed by atoms with E-state index in [-0.39, 0.29) is 0 Å². The summed E-state index contributed by atoms with van der Waals surface area (Å²) in [6.45, 7) is 0. The number of hydrogen-bond acceptors (Lipinski definition) is 3. The van der Waals surface area contributed by atoms with Gasteiger partial charge in [-0.1, -0.05) is 194 Å². The van der Waals surface area contributed by atoms with E-state index in [4.69, 9.17) is 15.0 Å². The summed E-state index contributed by atoms with van der Waals surface area (Å²) in [6.07, 6.45) is 0. The van der Waals surface area contributed by atoms with Crippen LogP contribution in [0.15, 0.2) is 249 Å². The maximum atomic E-state index is 5.60. The molecule has 0 N–H and O–H groups in total. The average Bonchev–Trinajstić information content (AvgIpc) is 3.96. The van der Waals surface area contributed by atoms with Crippen molar-refractivity contribution in [3.63, 3.8) is 0 Å². The van der Waals surface area contributed by atoms with Crippen LogP contribution in [0, 0.1) is 0 Å². The molecule has 0 aliphatic carbocycles. The maximum absolute atomic E-state index is 5.60. The van der Waals surface area contributed by atoms with Gasteiger partial charge in [0.2, 0.25) is 0 Å². The number of hydrogen-bond donors (Lipinski definition) is 0. The lowest BCUT2D eigenvalue weighted by molar-refractivity contribution is 1.08. The highest BCUT2D eigenvalue weighted by atomic mass is 15.0. The van der Waals surface area contributed by atoms with Crippen molar-refractivity contribution in [1.82, 2.24) is 24.1 Å². The third-order valence-electron chi connectivity index (χ3n) is 14.7. The molecule has 15 aromatic rings. The summed E-state index contributed by atoms with van der Waals surface area (Å²) in [5.41, 5.74) is 11.7. The van der Waals surface area contributed by atoms with Crippen molar-refractivity contribution >= 4 is 86.7 Å². The van der Waals surface area contributed by atoms with E-state index in [1.54, 1.807) is 0 Å². The van der Waals surface area contributed by atoms with Crippen molar-refractivity contribution in [2.75, 3.05) is 0 Å². The molecule has 0 saturated heterocycles. The van der Waals surface area contributed by atoms with Gasteiger partial charge in [-0.25, -0.2) is 15.0 Å². The van der Waals surface area contributed by atoms with Crippen LogP contribution in [0.5, 0.6) is 0 Å². The topological polar surface area (TPSA) is 48.5 Å². The largest absolute Gasteiger partial charge is 0.309 e. The number of rotatable bonds is 6. The van der Waals surface area contributed by atoms with Crippen LogP contribution in [0.1, 0.15) is 0 Å². The Morgan fingerprint density at radius 1 is 0.264 bits per heavy atom. The molecular weight excluding hydrogens is 875 g/mol. The number of benzene rings is 12. The van der Waals surface area contributed by atoms with Gasteiger partial charge in [-0.05, 0) is 98.0 Å². The highest BCUT2D eigenvalue weighted by Gasteiger charge is 2.25. The molecule has 15 rings (SSSR count). The summed E-state index contributed by atoms with van der Waals surface area (Å²) in [4.78, 5) is 16.4. The summed E-state index contributed by atoms with van der Waals surface area (Å²) >= 11 is 0. The van der Waals surface area contributed by atoms with E-state index < -0.39 is 0 Å². The first-order valence-corrected chi connectivity index (χ1v) is 24.5. The van der Waals surface area contributed by atoms with Gasteiger partial charge in [0.15, 0.2) is 17.5 Å². The smallest absolute Gasteiger partial charge is 0.165 e. The minimum atomic E-state index is 0.606. The van der Waals surface area contributed by atoms with E-state index in [0.717, 1.165) is 82.7 Å². The van der Waals surface area contributed by atoms with Crippen LogP contribution in [-0.4, -0.2) is 24.1 Å². The normalized spacial score (nSPS) is 11.9. The van der Waals surface area contributed by atoms with E-state index in [0.29, 0.717) is 17.5 Å². The maximum Gasteiger partial charge on any atom is 0.165 e. The van der Waals surface area contributed by atoms with E-state index in [9.17, 15) is 0 Å². The summed E-state index contributed by atoms with van der Waals surface area (Å²) < 4.78 is 4.87. The molecule has 5 heteroatoms. The van der Waals surface area contributed by atoms with Gasteiger partial charge in [-0.2, -0.15) is 0 Å². The van der Waals surface area contributed by atoms with E-state index in [1.165, 1.54) is 43.2 Å². The average molecular weight is 916 g/mol. The van der Waals surface area contributed by atoms with Crippen molar-refractivity contribution in [1.29, 1.82) is 0 Å². The second-order valence-corrected chi connectivity index (χ2v) is 18.7. The van der Waals surface area contributed by atoms with Crippen molar-refractivity contribution in [2.24, 2.45) is 0 Å². The monoisotopic (exact) mass is 915 g/mol. The Hall–Kier alpha value is -9.71. The van der Waals surface area contributed by atoms with Crippen molar-refractivity contribution in [3.05, 3.63) is 249 Å². The van der Waals surface area contributed by atoms with Crippen LogP contribution in [0.25, 0.3) is 143 Å². The molecule has 334 valence electrons. The van der Waals surface area contributed by atoms with E-state index >= 15 is 0 Å². The molecule has 0 fully saturated rings. The Kier molecular flexibility index (Phi) is 8.89. The van der Waals surface area contributed by atoms with Crippen molar-refractivity contribution < 1.29 is 0 Å². The Bertz CT molecular complexity index is 4680. The van der Waals surface area contributed by atoms with Gasteiger partial charge in [-0.15, -0.1) is 0 Å². The fraction of sp³-hybridized carbons (Fsp3) is 0. The van der Waals surface area contributed by atoms with E-state index in [1.807, 2.05) is 18.2 Å². The number of fused-ring (bicyclic) bond motifs is 11. The molecule has 3 aromatic heterocycles. The van der Waals surface area contributed by atoms with Crippen molar-refractivity contribution in [3.8, 4) is 56.7 Å². The van der Waals surface area contributed by atoms with Gasteiger partial charge < -0.3 is 9.13 Å². The summed E-state index contributed by atoms with van der Waals surface area (Å²) in [5, 5.41) is 14.0. The van der Waals surface area contributed by atoms with Crippen LogP contribution < -0.4 is 0 Å². The van der Waals surface area contributed by atoms with Gasteiger partial charge in [0.1, 0.15) is 0 Å². The predicted molar refractivity (Wildman–Crippen MR) is 300 cm³/mol. The number of para-hydroxylation sites is 2. The molecule has 0 aliphatic heterocycles. The Morgan fingerprint density at radius 2 is 0.833 bits per heavy atom. The summed E-state index contributed by atoms with van der Waals surface area (Å²) in [7, 11) is 0. The molecule has 0 atom stereocenters. The standard InChI is InChI=1S/C67H41N5/c1-3-20-44(21-4-1)65-68-66(47-35-37-60-56(39-47)53-30-15-16-33-59(53)71(60)48-25-5-2-6-26-48)70-67(69-65)63-54-31-14-13-29-52(54)62(41-58(63)51-32-17-24-42-18-9-11-27-49(42)51)72-61-40-46-23-8-7-22-45(46)38-57(61)55-36-34-43-19-10-12-28-50(43)64(55)72/h1-41H. The van der Waals surface area contributed by atoms with Crippen LogP contribution in [0.3, 0.4) is 0 Å². The molecule has 0 unspecified atom stereocenters. The molecule has 3 heterocycles. The molecule has 0 saturated carbocycles. The zero-order valence-electron chi connectivity index (χ0n) is 38.9. The van der Waals surface area contributed by atoms with Gasteiger partial charge in [0.25, 0.3) is 0 Å². The van der Waals surface area contributed by atoms with Gasteiger partial charge in [0, 0.05) is 54.7 Å². The van der Waals surface area contributed by atoms with E-state index in [2.05, 4.69) is 240 Å². The summed E-state index contributed by atoms with van der Waals surface area (Å²) in [6, 6.07) is 89.5. The third kappa shape index (κ3) is 6.17. The molecule has 0 aliphatic rings. The third-order valence-corrected chi connectivity index (χ3v) is 14.7. The van der Waals surface area contributed by atoms with Crippen LogP contribution in [0.2, 0.25) is 0 Å². The molecule has 0 spiro atoms. The highest BCUT2D eigenvalue weighted by molar-refractivity contribution is 6.22. The van der Waals surface area contributed by atoms with Crippen LogP contribution in [0.4, 0.5) is 0 Å². The number of nitrogens with zero attached hydrogens (tertiary/aromatic N) is 5. The lowest BCUT2D eigenvalue weighted by Gasteiger charge is -2.20. The first-order chi connectivity index (χ1) is 35.7. The summed E-state index contributed by atoms with van der Waals surface area (Å²) in [5.74, 6) is 1.82. The lowest BCUT2D eigenvalue weighted by atomic mass is 9.89. The Labute approximate surface area is 414 Å². The molecular formula is C67H41N5. The molecule has 0 bridgehead atoms. The lowest BCUT2D eigenvalue weighted by Crippen LogP contribution is -2.04. The fourth-order valence-corrected chi connectivity index (χ4v) is 11.5. The highest BCUT2D eigenvalue weighted by Crippen LogP contribution is 2.47. The fourth-order valence-electron chi connectivity index (χ4n) is 11.5. The zero-order valence-corrected chi connectivity index (χ0v) is 38.9. The predicted octanol–water partition coefficient (Wildman–Crippen LogP) is 17.3. The number of aromatic nitrogens is 5. The second-order valence-electron chi connectivity index (χ2n) is 18.7.